The van der Waals surface area contributed by atoms with Crippen LogP contribution in [0, 0.1) is 17.0 Å². The van der Waals surface area contributed by atoms with Gasteiger partial charge in [0.1, 0.15) is 13.2 Å². The fourth-order valence-corrected chi connectivity index (χ4v) is 2.95. The van der Waals surface area contributed by atoms with Crippen LogP contribution in [0.3, 0.4) is 0 Å². The number of benzene rings is 2. The third kappa shape index (κ3) is 4.53. The number of hydrogen-bond acceptors (Lipinski definition) is 6. The van der Waals surface area contributed by atoms with Crippen LogP contribution >= 0.6 is 0 Å². The molecule has 1 aliphatic rings. The van der Waals surface area contributed by atoms with Crippen LogP contribution in [-0.4, -0.2) is 42.5 Å². The van der Waals surface area contributed by atoms with Crippen molar-refractivity contribution in [1.29, 1.82) is 0 Å². The Hall–Kier alpha value is -3.13. The number of hydrogen-bond donors (Lipinski definition) is 1. The Morgan fingerprint density at radius 2 is 1.96 bits per heavy atom. The molecule has 0 radical (unpaired) electrons. The largest absolute Gasteiger partial charge is 0.486 e. The van der Waals surface area contributed by atoms with Gasteiger partial charge in [0.05, 0.1) is 22.7 Å². The Labute approximate surface area is 156 Å². The number of fused-ring (bicyclic) bond motifs is 1. The summed E-state index contributed by atoms with van der Waals surface area (Å²) in [7, 11) is 1.83. The van der Waals surface area contributed by atoms with E-state index in [1.807, 2.05) is 30.1 Å². The number of amides is 1. The second-order valence-corrected chi connectivity index (χ2v) is 6.41. The zero-order chi connectivity index (χ0) is 19.4. The van der Waals surface area contributed by atoms with E-state index in [0.717, 1.165) is 11.3 Å². The van der Waals surface area contributed by atoms with Crippen LogP contribution in [0.15, 0.2) is 36.4 Å². The number of carbonyl (C=O) groups is 1. The van der Waals surface area contributed by atoms with Crippen LogP contribution in [0.25, 0.3) is 0 Å². The average molecular weight is 371 g/mol. The van der Waals surface area contributed by atoms with E-state index in [4.69, 9.17) is 9.47 Å². The standard InChI is InChI=1S/C19H21N3O5/c1-13-15(4-3-5-16(13)22(24)25)20-19(23)12-21(2)11-14-6-7-17-18(10-14)27-9-8-26-17/h3-7,10H,8-9,11-12H2,1-2H3,(H,20,23). The second kappa shape index (κ2) is 8.05. The summed E-state index contributed by atoms with van der Waals surface area (Å²) < 4.78 is 11.1. The number of anilines is 1. The highest BCUT2D eigenvalue weighted by Crippen LogP contribution is 2.31. The summed E-state index contributed by atoms with van der Waals surface area (Å²) in [4.78, 5) is 24.7. The third-order valence-electron chi connectivity index (χ3n) is 4.25. The number of nitro groups is 1. The first kappa shape index (κ1) is 18.7. The monoisotopic (exact) mass is 371 g/mol. The van der Waals surface area contributed by atoms with Crippen molar-refractivity contribution >= 4 is 17.3 Å². The number of likely N-dealkylation sites (N-methyl/N-ethyl adjacent to an activating group) is 1. The van der Waals surface area contributed by atoms with Crippen molar-refractivity contribution in [3.05, 3.63) is 57.6 Å². The first-order chi connectivity index (χ1) is 12.9. The highest BCUT2D eigenvalue weighted by atomic mass is 16.6. The lowest BCUT2D eigenvalue weighted by Gasteiger charge is -2.21. The molecule has 0 spiro atoms. The van der Waals surface area contributed by atoms with Crippen molar-refractivity contribution < 1.29 is 19.2 Å². The predicted molar refractivity (Wildman–Crippen MR) is 100 cm³/mol. The van der Waals surface area contributed by atoms with E-state index in [1.165, 1.54) is 6.07 Å². The molecule has 2 aromatic carbocycles. The molecule has 0 bridgehead atoms. The molecule has 1 aliphatic heterocycles. The summed E-state index contributed by atoms with van der Waals surface area (Å²) in [5.74, 6) is 1.20. The number of nitro benzene ring substituents is 1. The molecule has 0 saturated carbocycles. The molecule has 1 N–H and O–H groups in total. The molecule has 0 saturated heterocycles. The van der Waals surface area contributed by atoms with Gasteiger partial charge in [-0.15, -0.1) is 0 Å². The molecule has 1 heterocycles. The average Bonchev–Trinajstić information content (AvgIpc) is 2.63. The van der Waals surface area contributed by atoms with Crippen molar-refractivity contribution in [3.63, 3.8) is 0 Å². The quantitative estimate of drug-likeness (QED) is 0.620. The van der Waals surface area contributed by atoms with E-state index in [0.29, 0.717) is 36.8 Å². The van der Waals surface area contributed by atoms with Crippen LogP contribution in [0.1, 0.15) is 11.1 Å². The molecule has 0 aliphatic carbocycles. The van der Waals surface area contributed by atoms with Crippen molar-refractivity contribution in [2.24, 2.45) is 0 Å². The molecule has 1 amide bonds. The zero-order valence-corrected chi connectivity index (χ0v) is 15.2. The van der Waals surface area contributed by atoms with E-state index in [-0.39, 0.29) is 18.1 Å². The molecular formula is C19H21N3O5. The topological polar surface area (TPSA) is 93.9 Å². The van der Waals surface area contributed by atoms with Crippen LogP contribution in [0.2, 0.25) is 0 Å². The number of nitrogens with zero attached hydrogens (tertiary/aromatic N) is 2. The van der Waals surface area contributed by atoms with Gasteiger partial charge in [-0.1, -0.05) is 12.1 Å². The minimum atomic E-state index is -0.459. The molecule has 2 aromatic rings. The molecule has 27 heavy (non-hydrogen) atoms. The summed E-state index contributed by atoms with van der Waals surface area (Å²) in [5.41, 5.74) is 1.87. The number of nitrogens with one attached hydrogen (secondary N) is 1. The van der Waals surface area contributed by atoms with Crippen LogP contribution in [0.5, 0.6) is 11.5 Å². The molecule has 8 heteroatoms. The molecule has 0 aromatic heterocycles. The summed E-state index contributed by atoms with van der Waals surface area (Å²) in [6, 6.07) is 10.3. The van der Waals surface area contributed by atoms with Crippen LogP contribution in [-0.2, 0) is 11.3 Å². The highest BCUT2D eigenvalue weighted by molar-refractivity contribution is 5.93. The maximum atomic E-state index is 12.3. The first-order valence-corrected chi connectivity index (χ1v) is 8.55. The normalized spacial score (nSPS) is 12.7. The molecular weight excluding hydrogens is 350 g/mol. The van der Waals surface area contributed by atoms with Crippen molar-refractivity contribution in [2.75, 3.05) is 32.1 Å². The summed E-state index contributed by atoms with van der Waals surface area (Å²) in [6.07, 6.45) is 0. The predicted octanol–water partition coefficient (Wildman–Crippen LogP) is 2.74. The van der Waals surface area contributed by atoms with Gasteiger partial charge in [0, 0.05) is 12.6 Å². The minimum Gasteiger partial charge on any atom is -0.486 e. The SMILES string of the molecule is Cc1c(NC(=O)CN(C)Cc2ccc3c(c2)OCCO3)cccc1[N+](=O)[O-]. The lowest BCUT2D eigenvalue weighted by Crippen LogP contribution is -2.30. The van der Waals surface area contributed by atoms with Gasteiger partial charge < -0.3 is 14.8 Å². The highest BCUT2D eigenvalue weighted by Gasteiger charge is 2.16. The second-order valence-electron chi connectivity index (χ2n) is 6.41. The molecule has 0 fully saturated rings. The summed E-state index contributed by atoms with van der Waals surface area (Å²) >= 11 is 0. The van der Waals surface area contributed by atoms with E-state index in [9.17, 15) is 14.9 Å². The lowest BCUT2D eigenvalue weighted by molar-refractivity contribution is -0.385. The Bertz CT molecular complexity index is 868. The van der Waals surface area contributed by atoms with Crippen molar-refractivity contribution in [2.45, 2.75) is 13.5 Å². The number of ether oxygens (including phenoxy) is 2. The van der Waals surface area contributed by atoms with E-state index < -0.39 is 4.92 Å². The van der Waals surface area contributed by atoms with Crippen molar-refractivity contribution in [1.82, 2.24) is 4.90 Å². The molecule has 142 valence electrons. The van der Waals surface area contributed by atoms with Crippen molar-refractivity contribution in [3.8, 4) is 11.5 Å². The third-order valence-corrected chi connectivity index (χ3v) is 4.25. The Balaban J connectivity index is 1.60. The van der Waals surface area contributed by atoms with Gasteiger partial charge >= 0.3 is 0 Å². The van der Waals surface area contributed by atoms with Gasteiger partial charge in [0.15, 0.2) is 11.5 Å². The molecule has 0 unspecified atom stereocenters. The lowest BCUT2D eigenvalue weighted by atomic mass is 10.1. The number of rotatable bonds is 6. The molecule has 8 nitrogen and oxygen atoms in total. The zero-order valence-electron chi connectivity index (χ0n) is 15.2. The summed E-state index contributed by atoms with van der Waals surface area (Å²) in [6.45, 7) is 3.39. The van der Waals surface area contributed by atoms with Gasteiger partial charge in [-0.05, 0) is 37.7 Å². The van der Waals surface area contributed by atoms with Gasteiger partial charge in [-0.3, -0.25) is 19.8 Å². The fraction of sp³-hybridized carbons (Fsp3) is 0.316. The molecule has 0 atom stereocenters. The maximum Gasteiger partial charge on any atom is 0.274 e. The Kier molecular flexibility index (Phi) is 5.56. The van der Waals surface area contributed by atoms with E-state index in [2.05, 4.69) is 5.32 Å². The van der Waals surface area contributed by atoms with Gasteiger partial charge in [0.25, 0.3) is 5.69 Å². The van der Waals surface area contributed by atoms with Gasteiger partial charge in [-0.25, -0.2) is 0 Å². The molecule has 3 rings (SSSR count). The maximum absolute atomic E-state index is 12.3. The van der Waals surface area contributed by atoms with Crippen LogP contribution in [0.4, 0.5) is 11.4 Å². The van der Waals surface area contributed by atoms with Gasteiger partial charge in [-0.2, -0.15) is 0 Å². The Morgan fingerprint density at radius 3 is 2.70 bits per heavy atom. The summed E-state index contributed by atoms with van der Waals surface area (Å²) in [5, 5.41) is 13.8. The first-order valence-electron chi connectivity index (χ1n) is 8.55. The Morgan fingerprint density at radius 1 is 1.22 bits per heavy atom. The van der Waals surface area contributed by atoms with Gasteiger partial charge in [0.2, 0.25) is 5.91 Å². The number of carbonyl (C=O) groups excluding carboxylic acids is 1. The van der Waals surface area contributed by atoms with E-state index >= 15 is 0 Å². The fourth-order valence-electron chi connectivity index (χ4n) is 2.95. The van der Waals surface area contributed by atoms with E-state index in [1.54, 1.807) is 19.1 Å². The minimum absolute atomic E-state index is 0.0163. The smallest absolute Gasteiger partial charge is 0.274 e. The van der Waals surface area contributed by atoms with Crippen LogP contribution < -0.4 is 14.8 Å².